The molecule has 184 valence electrons. The van der Waals surface area contributed by atoms with E-state index in [9.17, 15) is 0 Å². The maximum absolute atomic E-state index is 4.79. The average molecular weight is 508 g/mol. The van der Waals surface area contributed by atoms with Crippen molar-refractivity contribution in [1.82, 2.24) is 0 Å². The summed E-state index contributed by atoms with van der Waals surface area (Å²) in [6.07, 6.45) is 2.34. The topological polar surface area (TPSA) is 52.9 Å². The van der Waals surface area contributed by atoms with E-state index in [4.69, 9.17) is 10.6 Å². The van der Waals surface area contributed by atoms with Gasteiger partial charge in [0.2, 0.25) is 0 Å². The molecular formula is C25H55MoN4-3. The minimum Gasteiger partial charge on any atom is -0.675 e. The van der Waals surface area contributed by atoms with Gasteiger partial charge >= 0.3 is 77.8 Å². The summed E-state index contributed by atoms with van der Waals surface area (Å²) in [5.74, 6) is 1.42. The van der Waals surface area contributed by atoms with Gasteiger partial charge in [-0.3, -0.25) is 0 Å². The van der Waals surface area contributed by atoms with E-state index in [0.717, 1.165) is 12.8 Å². The number of hydrogen-bond acceptors (Lipinski definition) is 2. The molecule has 0 aromatic carbocycles. The van der Waals surface area contributed by atoms with Crippen molar-refractivity contribution in [2.75, 3.05) is 0 Å². The van der Waals surface area contributed by atoms with E-state index in [1.807, 2.05) is 0 Å². The Bertz CT molecular complexity index is 428. The quantitative estimate of drug-likeness (QED) is 0.254. The van der Waals surface area contributed by atoms with Crippen molar-refractivity contribution < 1.29 is 18.2 Å². The minimum absolute atomic E-state index is 0.108. The summed E-state index contributed by atoms with van der Waals surface area (Å²) in [5.41, 5.74) is 0.362. The van der Waals surface area contributed by atoms with Crippen LogP contribution in [0.25, 0.3) is 10.6 Å². The van der Waals surface area contributed by atoms with Gasteiger partial charge < -0.3 is 16.6 Å². The molecule has 0 aliphatic carbocycles. The van der Waals surface area contributed by atoms with Gasteiger partial charge in [0.15, 0.2) is 0 Å². The van der Waals surface area contributed by atoms with Crippen molar-refractivity contribution >= 4 is 0 Å². The molecular weight excluding hydrogens is 452 g/mol. The molecule has 0 spiro atoms. The van der Waals surface area contributed by atoms with Gasteiger partial charge in [0.1, 0.15) is 0 Å². The Labute approximate surface area is 199 Å². The van der Waals surface area contributed by atoms with E-state index in [-0.39, 0.29) is 22.7 Å². The molecule has 0 aromatic heterocycles. The fourth-order valence-corrected chi connectivity index (χ4v) is 2.75. The van der Waals surface area contributed by atoms with Crippen LogP contribution in [0.2, 0.25) is 0 Å². The number of nitrogens with zero attached hydrogens (tertiary/aromatic N) is 4. The van der Waals surface area contributed by atoms with Crippen LogP contribution in [-0.2, 0) is 18.2 Å². The van der Waals surface area contributed by atoms with Crippen LogP contribution in [-0.4, -0.2) is 29.3 Å². The van der Waals surface area contributed by atoms with E-state index >= 15 is 0 Å². The molecule has 0 saturated heterocycles. The van der Waals surface area contributed by atoms with Crippen LogP contribution in [0, 0.1) is 11.3 Å². The predicted molar refractivity (Wildman–Crippen MR) is 134 cm³/mol. The summed E-state index contributed by atoms with van der Waals surface area (Å²) < 4.78 is 9.01. The van der Waals surface area contributed by atoms with Crippen molar-refractivity contribution in [3.63, 3.8) is 0 Å². The molecule has 2 unspecified atom stereocenters. The molecule has 5 heteroatoms. The van der Waals surface area contributed by atoms with Crippen LogP contribution in [0.1, 0.15) is 124 Å². The molecule has 0 aliphatic rings. The fourth-order valence-electron chi connectivity index (χ4n) is 1.44. The van der Waals surface area contributed by atoms with Crippen LogP contribution in [0.5, 0.6) is 0 Å². The van der Waals surface area contributed by atoms with Gasteiger partial charge in [-0.05, 0) is 0 Å². The van der Waals surface area contributed by atoms with Gasteiger partial charge in [-0.1, -0.05) is 66.7 Å². The molecule has 0 heterocycles. The molecule has 0 radical (unpaired) electrons. The van der Waals surface area contributed by atoms with Gasteiger partial charge in [0.25, 0.3) is 0 Å². The first-order valence-corrected chi connectivity index (χ1v) is 13.3. The van der Waals surface area contributed by atoms with E-state index in [2.05, 4.69) is 118 Å². The van der Waals surface area contributed by atoms with Crippen LogP contribution in [0.4, 0.5) is 0 Å². The minimum atomic E-state index is -0.473. The second-order valence-electron chi connectivity index (χ2n) is 11.7. The molecule has 0 fully saturated rings. The largest absolute Gasteiger partial charge is 0.675 e. The van der Waals surface area contributed by atoms with Gasteiger partial charge in [-0.25, -0.2) is 6.17 Å². The van der Waals surface area contributed by atoms with E-state index in [0.29, 0.717) is 12.1 Å². The Morgan fingerprint density at radius 1 is 0.700 bits per heavy atom. The molecule has 0 aromatic rings. The SMILES string of the molecule is CC(C)(C)[N]=[Mo]=[N]C(C)(C)C.CCC(C)[N-]C([N-]C(C)CC)C(C)(C)C.C[C-](C)C. The Morgan fingerprint density at radius 3 is 1.13 bits per heavy atom. The second kappa shape index (κ2) is 16.8. The Morgan fingerprint density at radius 2 is 0.967 bits per heavy atom. The average Bonchev–Trinajstić information content (AvgIpc) is 2.50. The van der Waals surface area contributed by atoms with E-state index < -0.39 is 18.2 Å². The normalized spacial score (nSPS) is 15.1. The molecule has 0 aliphatic heterocycles. The molecule has 0 rings (SSSR count). The van der Waals surface area contributed by atoms with Crippen molar-refractivity contribution in [2.45, 2.75) is 153 Å². The molecule has 30 heavy (non-hydrogen) atoms. The standard InChI is InChI=1S/C13H28N2.2C4H9N.C4H9.Mo/c1-8-10(3)14-12(13(5,6)7)15-11(4)9-2;2*1-4(2,3)5;1-4(2)3;/h10-12H,8-9H2,1-7H3;2*1-3H3;1-3H3;/q-2;;;-1;. The van der Waals surface area contributed by atoms with Crippen molar-refractivity contribution in [2.24, 2.45) is 12.4 Å². The first-order chi connectivity index (χ1) is 13.2. The first-order valence-electron chi connectivity index (χ1n) is 11.5. The zero-order valence-electron chi connectivity index (χ0n) is 23.3. The monoisotopic (exact) mass is 509 g/mol. The Kier molecular flexibility index (Phi) is 19.5. The molecule has 4 nitrogen and oxygen atoms in total. The van der Waals surface area contributed by atoms with Crippen molar-refractivity contribution in [3.05, 3.63) is 16.6 Å². The maximum atomic E-state index is 4.79. The summed E-state index contributed by atoms with van der Waals surface area (Å²) in [4.78, 5) is 0. The van der Waals surface area contributed by atoms with Crippen LogP contribution >= 0.6 is 0 Å². The molecule has 0 saturated carbocycles. The summed E-state index contributed by atoms with van der Waals surface area (Å²) >= 11 is -0.473. The molecule has 0 bridgehead atoms. The van der Waals surface area contributed by atoms with Crippen LogP contribution in [0.3, 0.4) is 0 Å². The van der Waals surface area contributed by atoms with Gasteiger partial charge in [0, 0.05) is 0 Å². The summed E-state index contributed by atoms with van der Waals surface area (Å²) in [6, 6.07) is 0.837. The third-order valence-corrected chi connectivity index (χ3v) is 6.47. The third kappa shape index (κ3) is 30.4. The molecule has 0 amide bonds. The second-order valence-corrected chi connectivity index (χ2v) is 13.0. The summed E-state index contributed by atoms with van der Waals surface area (Å²) in [5, 5.41) is 9.57. The summed E-state index contributed by atoms with van der Waals surface area (Å²) in [6.45, 7) is 34.3. The fraction of sp³-hybridized carbons (Fsp3) is 0.960. The van der Waals surface area contributed by atoms with E-state index in [1.54, 1.807) is 0 Å². The molecule has 2 atom stereocenters. The van der Waals surface area contributed by atoms with E-state index in [1.165, 1.54) is 5.92 Å². The van der Waals surface area contributed by atoms with Gasteiger partial charge in [0.05, 0.1) is 0 Å². The zero-order valence-corrected chi connectivity index (χ0v) is 25.4. The van der Waals surface area contributed by atoms with Gasteiger partial charge in [-0.2, -0.15) is 20.8 Å². The Balaban J connectivity index is -0.000000425. The maximum Gasteiger partial charge on any atom is -0.0632 e. The predicted octanol–water partition coefficient (Wildman–Crippen LogP) is 9.36. The van der Waals surface area contributed by atoms with Crippen LogP contribution < -0.4 is 0 Å². The van der Waals surface area contributed by atoms with Crippen molar-refractivity contribution in [1.29, 1.82) is 0 Å². The molecule has 0 N–H and O–H groups in total. The van der Waals surface area contributed by atoms with Crippen LogP contribution in [0.15, 0.2) is 6.99 Å². The van der Waals surface area contributed by atoms with Gasteiger partial charge in [-0.15, -0.1) is 12.1 Å². The number of hydrogen-bond donors (Lipinski definition) is 0. The zero-order chi connectivity index (χ0) is 24.8. The smallest absolute Gasteiger partial charge is 0.0632 e. The Hall–Kier alpha value is 0.208. The first kappa shape index (κ1) is 34.8. The van der Waals surface area contributed by atoms with Crippen molar-refractivity contribution in [3.8, 4) is 0 Å². The number of rotatable bonds is 6. The third-order valence-electron chi connectivity index (χ3n) is 3.38. The summed E-state index contributed by atoms with van der Waals surface area (Å²) in [7, 11) is 0.